The molecule has 3 heterocycles. The van der Waals surface area contributed by atoms with Crippen LogP contribution in [-0.4, -0.2) is 22.2 Å². The van der Waals surface area contributed by atoms with Crippen LogP contribution in [0.25, 0.3) is 11.8 Å². The number of thiazole rings is 1. The van der Waals surface area contributed by atoms with Gasteiger partial charge in [0, 0.05) is 27.2 Å². The van der Waals surface area contributed by atoms with E-state index in [1.54, 1.807) is 11.7 Å². The maximum absolute atomic E-state index is 14.4. The van der Waals surface area contributed by atoms with Crippen LogP contribution in [0, 0.1) is 27.7 Å². The molecule has 2 aromatic heterocycles. The third kappa shape index (κ3) is 7.29. The number of aromatic nitrogens is 2. The number of rotatable bonds is 9. The molecule has 0 aliphatic carbocycles. The summed E-state index contributed by atoms with van der Waals surface area (Å²) in [6, 6.07) is 30.9. The van der Waals surface area contributed by atoms with Crippen LogP contribution in [0.3, 0.4) is 0 Å². The SMILES string of the molecule is COc1ccc([C@@H]2C(C(=O)Nc3ccc(C)cc3C)=C(C)N=c3s/c(=C\c4cc(C)n(-c5ccc(OCc6ccc(Br)cc6)cc5)c4C)c(=O)n32)cc1. The molecule has 268 valence electrons. The van der Waals surface area contributed by atoms with Crippen LogP contribution in [0.5, 0.6) is 11.5 Å². The molecule has 0 bridgehead atoms. The second-order valence-corrected chi connectivity index (χ2v) is 15.1. The van der Waals surface area contributed by atoms with E-state index in [1.807, 2.05) is 125 Å². The number of ether oxygens (including phenoxy) is 2. The third-order valence-electron chi connectivity index (χ3n) is 9.50. The van der Waals surface area contributed by atoms with E-state index in [-0.39, 0.29) is 11.5 Å². The number of carbonyl (C=O) groups excluding carboxylic acids is 1. The van der Waals surface area contributed by atoms with Crippen molar-refractivity contribution in [3.05, 3.63) is 172 Å². The van der Waals surface area contributed by atoms with Crippen LogP contribution >= 0.6 is 27.3 Å². The summed E-state index contributed by atoms with van der Waals surface area (Å²) in [4.78, 5) is 33.9. The Kier molecular flexibility index (Phi) is 10.1. The Labute approximate surface area is 320 Å². The number of hydrogen-bond donors (Lipinski definition) is 1. The van der Waals surface area contributed by atoms with E-state index < -0.39 is 6.04 Å². The number of benzene rings is 4. The molecule has 1 N–H and O–H groups in total. The van der Waals surface area contributed by atoms with Crippen LogP contribution in [-0.2, 0) is 11.4 Å². The van der Waals surface area contributed by atoms with Crippen LogP contribution in [0.1, 0.15) is 52.2 Å². The van der Waals surface area contributed by atoms with E-state index in [9.17, 15) is 9.59 Å². The summed E-state index contributed by atoms with van der Waals surface area (Å²) < 4.78 is 16.8. The molecule has 1 aliphatic rings. The largest absolute Gasteiger partial charge is 0.497 e. The maximum Gasteiger partial charge on any atom is 0.271 e. The molecule has 1 amide bonds. The Morgan fingerprint density at radius 3 is 2.28 bits per heavy atom. The van der Waals surface area contributed by atoms with Gasteiger partial charge in [-0.25, -0.2) is 4.99 Å². The summed E-state index contributed by atoms with van der Waals surface area (Å²) in [5, 5.41) is 3.09. The summed E-state index contributed by atoms with van der Waals surface area (Å²) in [5.74, 6) is 1.16. The molecular formula is C43H39BrN4O4S. The van der Waals surface area contributed by atoms with E-state index in [0.29, 0.717) is 38.6 Å². The first-order chi connectivity index (χ1) is 25.5. The van der Waals surface area contributed by atoms with Crippen LogP contribution in [0.2, 0.25) is 0 Å². The average Bonchev–Trinajstić information content (AvgIpc) is 3.61. The van der Waals surface area contributed by atoms with Crippen molar-refractivity contribution in [2.75, 3.05) is 12.4 Å². The van der Waals surface area contributed by atoms with Gasteiger partial charge in [-0.05, 0) is 124 Å². The van der Waals surface area contributed by atoms with Crippen molar-refractivity contribution in [3.63, 3.8) is 0 Å². The summed E-state index contributed by atoms with van der Waals surface area (Å²) in [6.45, 7) is 10.4. The van der Waals surface area contributed by atoms with E-state index in [0.717, 1.165) is 55.1 Å². The van der Waals surface area contributed by atoms with E-state index in [4.69, 9.17) is 14.5 Å². The molecular weight excluding hydrogens is 748 g/mol. The number of anilines is 1. The fourth-order valence-electron chi connectivity index (χ4n) is 6.77. The van der Waals surface area contributed by atoms with Crippen LogP contribution in [0.4, 0.5) is 5.69 Å². The van der Waals surface area contributed by atoms with Crippen molar-refractivity contribution < 1.29 is 14.3 Å². The molecule has 0 spiro atoms. The highest BCUT2D eigenvalue weighted by Gasteiger charge is 2.33. The molecule has 1 atom stereocenters. The molecule has 0 unspecified atom stereocenters. The van der Waals surface area contributed by atoms with Crippen molar-refractivity contribution in [1.29, 1.82) is 0 Å². The molecule has 53 heavy (non-hydrogen) atoms. The fraction of sp³-hybridized carbons (Fsp3) is 0.186. The lowest BCUT2D eigenvalue weighted by Gasteiger charge is -2.25. The Morgan fingerprint density at radius 1 is 0.906 bits per heavy atom. The fourth-order valence-corrected chi connectivity index (χ4v) is 8.07. The number of amides is 1. The minimum Gasteiger partial charge on any atom is -0.497 e. The monoisotopic (exact) mass is 786 g/mol. The normalized spacial score (nSPS) is 14.2. The highest BCUT2D eigenvalue weighted by Crippen LogP contribution is 2.32. The lowest BCUT2D eigenvalue weighted by Crippen LogP contribution is -2.40. The summed E-state index contributed by atoms with van der Waals surface area (Å²) in [6.07, 6.45) is 1.93. The van der Waals surface area contributed by atoms with E-state index >= 15 is 0 Å². The molecule has 0 saturated heterocycles. The van der Waals surface area contributed by atoms with Gasteiger partial charge in [-0.15, -0.1) is 0 Å². The van der Waals surface area contributed by atoms with Gasteiger partial charge in [0.15, 0.2) is 4.80 Å². The summed E-state index contributed by atoms with van der Waals surface area (Å²) in [7, 11) is 1.61. The van der Waals surface area contributed by atoms with Crippen molar-refractivity contribution in [2.24, 2.45) is 4.99 Å². The average molecular weight is 788 g/mol. The van der Waals surface area contributed by atoms with E-state index in [1.165, 1.54) is 11.3 Å². The number of carbonyl (C=O) groups is 1. The molecule has 0 fully saturated rings. The predicted molar refractivity (Wildman–Crippen MR) is 215 cm³/mol. The van der Waals surface area contributed by atoms with Crippen molar-refractivity contribution >= 4 is 44.9 Å². The van der Waals surface area contributed by atoms with Gasteiger partial charge in [0.25, 0.3) is 11.5 Å². The van der Waals surface area contributed by atoms with Gasteiger partial charge >= 0.3 is 0 Å². The zero-order chi connectivity index (χ0) is 37.4. The molecule has 1 aliphatic heterocycles. The van der Waals surface area contributed by atoms with Gasteiger partial charge in [-0.2, -0.15) is 0 Å². The molecule has 6 aromatic rings. The number of methoxy groups -OCH3 is 1. The Morgan fingerprint density at radius 2 is 1.60 bits per heavy atom. The van der Waals surface area contributed by atoms with Gasteiger partial charge < -0.3 is 19.4 Å². The van der Waals surface area contributed by atoms with Crippen molar-refractivity contribution in [3.8, 4) is 17.2 Å². The number of allylic oxidation sites excluding steroid dienone is 1. The number of halogens is 1. The van der Waals surface area contributed by atoms with E-state index in [2.05, 4.69) is 38.8 Å². The number of aryl methyl sites for hydroxylation is 3. The number of nitrogens with one attached hydrogen (secondary N) is 1. The first-order valence-corrected chi connectivity index (χ1v) is 18.8. The zero-order valence-electron chi connectivity index (χ0n) is 30.4. The molecule has 0 radical (unpaired) electrons. The van der Waals surface area contributed by atoms with Crippen molar-refractivity contribution in [1.82, 2.24) is 9.13 Å². The topological polar surface area (TPSA) is 86.8 Å². The minimum absolute atomic E-state index is 0.212. The highest BCUT2D eigenvalue weighted by molar-refractivity contribution is 9.10. The molecule has 10 heteroatoms. The Balaban J connectivity index is 1.23. The van der Waals surface area contributed by atoms with Crippen LogP contribution < -0.4 is 29.7 Å². The number of fused-ring (bicyclic) bond motifs is 1. The Bertz CT molecular complexity index is 2560. The highest BCUT2D eigenvalue weighted by atomic mass is 79.9. The zero-order valence-corrected chi connectivity index (χ0v) is 32.8. The Hall–Kier alpha value is -5.45. The first kappa shape index (κ1) is 35.9. The second kappa shape index (κ2) is 14.9. The van der Waals surface area contributed by atoms with Gasteiger partial charge in [0.1, 0.15) is 18.1 Å². The van der Waals surface area contributed by atoms with Crippen molar-refractivity contribution in [2.45, 2.75) is 47.3 Å². The summed E-state index contributed by atoms with van der Waals surface area (Å²) in [5.41, 5.74) is 9.34. The number of nitrogens with zero attached hydrogens (tertiary/aromatic N) is 3. The molecule has 8 nitrogen and oxygen atoms in total. The molecule has 0 saturated carbocycles. The van der Waals surface area contributed by atoms with Gasteiger partial charge in [0.05, 0.1) is 29.0 Å². The quantitative estimate of drug-likeness (QED) is 0.160. The number of hydrogen-bond acceptors (Lipinski definition) is 6. The predicted octanol–water partition coefficient (Wildman–Crippen LogP) is 8.25. The first-order valence-electron chi connectivity index (χ1n) is 17.2. The van der Waals surface area contributed by atoms with Gasteiger partial charge in [-0.3, -0.25) is 14.2 Å². The molecule has 7 rings (SSSR count). The van der Waals surface area contributed by atoms with Gasteiger partial charge in [-0.1, -0.05) is 69.2 Å². The van der Waals surface area contributed by atoms with Gasteiger partial charge in [0.2, 0.25) is 0 Å². The standard InChI is InChI=1S/C43H39BrN4O4S/c1-25-7-20-37(26(2)21-25)46-41(49)39-28(4)45-43-48(40(39)31-10-16-35(51-6)17-11-31)42(50)38(53-43)23-32-22-27(3)47(29(32)5)34-14-18-36(19-15-34)52-24-30-8-12-33(44)13-9-30/h7-23,40H,24H2,1-6H3,(H,46,49)/b38-23-/t40-/m1/s1. The lowest BCUT2D eigenvalue weighted by molar-refractivity contribution is -0.113. The third-order valence-corrected chi connectivity index (χ3v) is 11.0. The minimum atomic E-state index is -0.693. The maximum atomic E-state index is 14.4. The second-order valence-electron chi connectivity index (χ2n) is 13.2. The van der Waals surface area contributed by atoms with Crippen LogP contribution in [0.15, 0.2) is 123 Å². The molecule has 4 aromatic carbocycles. The summed E-state index contributed by atoms with van der Waals surface area (Å²) >= 11 is 4.80. The lowest BCUT2D eigenvalue weighted by atomic mass is 9.95. The smallest absolute Gasteiger partial charge is 0.271 e.